The van der Waals surface area contributed by atoms with E-state index >= 15 is 0 Å². The summed E-state index contributed by atoms with van der Waals surface area (Å²) in [5.41, 5.74) is 9.56. The summed E-state index contributed by atoms with van der Waals surface area (Å²) >= 11 is 0. The molecular formula is C27H33N5O3. The normalized spacial score (nSPS) is 17.3. The smallest absolute Gasteiger partial charge is 0.246 e. The molecule has 4 atom stereocenters. The van der Waals surface area contributed by atoms with Gasteiger partial charge in [0.2, 0.25) is 17.7 Å². The van der Waals surface area contributed by atoms with Crippen molar-refractivity contribution in [2.45, 2.75) is 44.8 Å². The van der Waals surface area contributed by atoms with Crippen LogP contribution in [-0.4, -0.2) is 42.9 Å². The number of rotatable bonds is 8. The molecule has 1 aliphatic rings. The maximum atomic E-state index is 12.5. The highest BCUT2D eigenvalue weighted by molar-refractivity contribution is 5.98. The number of para-hydroxylation sites is 1. The van der Waals surface area contributed by atoms with Crippen LogP contribution in [-0.2, 0) is 14.4 Å². The molecule has 35 heavy (non-hydrogen) atoms. The van der Waals surface area contributed by atoms with Gasteiger partial charge in [-0.2, -0.15) is 0 Å². The molecule has 0 aromatic heterocycles. The highest BCUT2D eigenvalue weighted by Gasteiger charge is 2.22. The van der Waals surface area contributed by atoms with Crippen molar-refractivity contribution in [3.63, 3.8) is 0 Å². The molecule has 0 bridgehead atoms. The summed E-state index contributed by atoms with van der Waals surface area (Å²) in [5.74, 6) is -1.08. The van der Waals surface area contributed by atoms with Gasteiger partial charge in [-0.05, 0) is 50.1 Å². The zero-order chi connectivity index (χ0) is 25.5. The van der Waals surface area contributed by atoms with Crippen molar-refractivity contribution >= 4 is 35.2 Å². The number of nitrogens with zero attached hydrogens (tertiary/aromatic N) is 1. The van der Waals surface area contributed by atoms with Crippen LogP contribution in [0.4, 0.5) is 11.4 Å². The van der Waals surface area contributed by atoms with Crippen LogP contribution < -0.4 is 26.6 Å². The van der Waals surface area contributed by atoms with E-state index in [0.29, 0.717) is 5.69 Å². The highest BCUT2D eigenvalue weighted by atomic mass is 16.2. The van der Waals surface area contributed by atoms with E-state index in [1.807, 2.05) is 43.4 Å². The number of carbonyl (C=O) groups excluding carboxylic acids is 3. The van der Waals surface area contributed by atoms with Gasteiger partial charge in [0.1, 0.15) is 12.1 Å². The second kappa shape index (κ2) is 11.5. The molecule has 3 amide bonds. The number of benzene rings is 2. The maximum Gasteiger partial charge on any atom is 0.246 e. The van der Waals surface area contributed by atoms with E-state index in [1.54, 1.807) is 6.92 Å². The molecule has 0 saturated carbocycles. The number of fused-ring (bicyclic) bond motifs is 1. The van der Waals surface area contributed by atoms with Gasteiger partial charge in [-0.1, -0.05) is 48.6 Å². The van der Waals surface area contributed by atoms with Gasteiger partial charge in [-0.25, -0.2) is 0 Å². The van der Waals surface area contributed by atoms with Crippen LogP contribution in [0.25, 0.3) is 6.08 Å². The first-order valence-corrected chi connectivity index (χ1v) is 11.6. The van der Waals surface area contributed by atoms with E-state index < -0.39 is 29.9 Å². The molecule has 184 valence electrons. The molecule has 5 N–H and O–H groups in total. The van der Waals surface area contributed by atoms with Crippen molar-refractivity contribution in [2.75, 3.05) is 17.3 Å². The van der Waals surface area contributed by atoms with Gasteiger partial charge in [0, 0.05) is 30.5 Å². The summed E-state index contributed by atoms with van der Waals surface area (Å²) in [6.45, 7) is 4.64. The Morgan fingerprint density at radius 2 is 1.54 bits per heavy atom. The third-order valence-corrected chi connectivity index (χ3v) is 5.78. The van der Waals surface area contributed by atoms with E-state index in [0.717, 1.165) is 5.56 Å². The van der Waals surface area contributed by atoms with Crippen molar-refractivity contribution in [1.29, 1.82) is 0 Å². The number of amides is 3. The molecule has 0 aliphatic carbocycles. The minimum Gasteiger partial charge on any atom is -0.351 e. The van der Waals surface area contributed by atoms with Gasteiger partial charge < -0.3 is 26.6 Å². The predicted octanol–water partition coefficient (Wildman–Crippen LogP) is 2.74. The molecule has 2 aromatic carbocycles. The summed E-state index contributed by atoms with van der Waals surface area (Å²) in [7, 11) is 2.04. The van der Waals surface area contributed by atoms with Crippen LogP contribution in [0.3, 0.4) is 0 Å². The first-order valence-electron chi connectivity index (χ1n) is 11.6. The molecule has 1 unspecified atom stereocenters. The lowest BCUT2D eigenvalue weighted by Gasteiger charge is -2.26. The SMILES string of the molecule is C[C@H](NC(=O)[C@@H](C)NC(=O)[C@@H](C)N)C(=O)Nc1ccc(/C=C/C2C=CN(C)c3ccccc32)cc1. The third kappa shape index (κ3) is 6.80. The molecule has 2 aromatic rings. The van der Waals surface area contributed by atoms with E-state index in [9.17, 15) is 14.4 Å². The van der Waals surface area contributed by atoms with Gasteiger partial charge in [-0.15, -0.1) is 0 Å². The van der Waals surface area contributed by atoms with Gasteiger partial charge in [0.15, 0.2) is 0 Å². The molecule has 1 heterocycles. The van der Waals surface area contributed by atoms with Crippen molar-refractivity contribution in [3.8, 4) is 0 Å². The minimum atomic E-state index is -0.804. The molecule has 8 heteroatoms. The second-order valence-electron chi connectivity index (χ2n) is 8.76. The highest BCUT2D eigenvalue weighted by Crippen LogP contribution is 2.33. The lowest BCUT2D eigenvalue weighted by atomic mass is 9.93. The molecular weight excluding hydrogens is 442 g/mol. The standard InChI is InChI=1S/C27H33N5O3/c1-17(28)25(33)29-18(2)26(34)30-19(3)27(35)31-22-13-10-20(11-14-22)9-12-21-15-16-32(4)24-8-6-5-7-23(21)24/h5-19,21H,28H2,1-4H3,(H,29,33)(H,30,34)(H,31,35)/b12-9+/t17-,18-,19+,21?/m1/s1. The van der Waals surface area contributed by atoms with Gasteiger partial charge in [0.25, 0.3) is 0 Å². The fourth-order valence-electron chi connectivity index (χ4n) is 3.62. The summed E-state index contributed by atoms with van der Waals surface area (Å²) < 4.78 is 0. The Morgan fingerprint density at radius 1 is 0.914 bits per heavy atom. The van der Waals surface area contributed by atoms with Crippen LogP contribution in [0.15, 0.2) is 66.9 Å². The summed E-state index contributed by atoms with van der Waals surface area (Å²) in [6.07, 6.45) is 8.44. The van der Waals surface area contributed by atoms with Crippen LogP contribution in [0.5, 0.6) is 0 Å². The van der Waals surface area contributed by atoms with E-state index in [4.69, 9.17) is 5.73 Å². The Kier molecular flexibility index (Phi) is 8.43. The predicted molar refractivity (Wildman–Crippen MR) is 140 cm³/mol. The Morgan fingerprint density at radius 3 is 2.23 bits per heavy atom. The maximum absolute atomic E-state index is 12.5. The molecule has 0 spiro atoms. The van der Waals surface area contributed by atoms with Gasteiger partial charge in [-0.3, -0.25) is 14.4 Å². The second-order valence-corrected chi connectivity index (χ2v) is 8.76. The van der Waals surface area contributed by atoms with E-state index in [2.05, 4.69) is 57.4 Å². The Labute approximate surface area is 206 Å². The van der Waals surface area contributed by atoms with Crippen LogP contribution in [0.2, 0.25) is 0 Å². The summed E-state index contributed by atoms with van der Waals surface area (Å²) in [5, 5.41) is 7.89. The Balaban J connectivity index is 1.54. The van der Waals surface area contributed by atoms with Crippen molar-refractivity contribution in [1.82, 2.24) is 10.6 Å². The number of anilines is 2. The molecule has 8 nitrogen and oxygen atoms in total. The summed E-state index contributed by atoms with van der Waals surface area (Å²) in [4.78, 5) is 38.5. The number of allylic oxidation sites excluding steroid dienone is 2. The number of hydrogen-bond donors (Lipinski definition) is 4. The zero-order valence-corrected chi connectivity index (χ0v) is 20.5. The van der Waals surface area contributed by atoms with Crippen molar-refractivity contribution in [3.05, 3.63) is 78.0 Å². The fraction of sp³-hybridized carbons (Fsp3) is 0.296. The molecule has 3 rings (SSSR count). The van der Waals surface area contributed by atoms with Crippen LogP contribution in [0.1, 0.15) is 37.8 Å². The largest absolute Gasteiger partial charge is 0.351 e. The quantitative estimate of drug-likeness (QED) is 0.469. The monoisotopic (exact) mass is 475 g/mol. The topological polar surface area (TPSA) is 117 Å². The first kappa shape index (κ1) is 25.7. The van der Waals surface area contributed by atoms with Crippen LogP contribution >= 0.6 is 0 Å². The first-order chi connectivity index (χ1) is 16.7. The Bertz CT molecular complexity index is 1120. The minimum absolute atomic E-state index is 0.187. The third-order valence-electron chi connectivity index (χ3n) is 5.78. The summed E-state index contributed by atoms with van der Waals surface area (Å²) in [6, 6.07) is 13.5. The molecule has 0 radical (unpaired) electrons. The molecule has 0 fully saturated rings. The molecule has 0 saturated heterocycles. The van der Waals surface area contributed by atoms with Gasteiger partial charge in [0.05, 0.1) is 6.04 Å². The Hall–Kier alpha value is -3.91. The zero-order valence-electron chi connectivity index (χ0n) is 20.5. The van der Waals surface area contributed by atoms with Gasteiger partial charge >= 0.3 is 0 Å². The fourth-order valence-corrected chi connectivity index (χ4v) is 3.62. The van der Waals surface area contributed by atoms with E-state index in [-0.39, 0.29) is 11.8 Å². The number of nitrogens with one attached hydrogen (secondary N) is 3. The average Bonchev–Trinajstić information content (AvgIpc) is 2.84. The number of carbonyl (C=O) groups is 3. The van der Waals surface area contributed by atoms with Crippen molar-refractivity contribution in [2.24, 2.45) is 5.73 Å². The lowest BCUT2D eigenvalue weighted by molar-refractivity contribution is -0.130. The average molecular weight is 476 g/mol. The number of nitrogens with two attached hydrogens (primary N) is 1. The van der Waals surface area contributed by atoms with E-state index in [1.165, 1.54) is 25.1 Å². The number of hydrogen-bond acceptors (Lipinski definition) is 5. The lowest BCUT2D eigenvalue weighted by Crippen LogP contribution is -2.52. The molecule has 1 aliphatic heterocycles. The van der Waals surface area contributed by atoms with Crippen molar-refractivity contribution < 1.29 is 14.4 Å². The van der Waals surface area contributed by atoms with Crippen LogP contribution in [0, 0.1) is 0 Å².